The van der Waals surface area contributed by atoms with Crippen molar-refractivity contribution in [3.8, 4) is 0 Å². The monoisotopic (exact) mass is 349 g/mol. The Morgan fingerprint density at radius 2 is 1.68 bits per heavy atom. The lowest BCUT2D eigenvalue weighted by atomic mass is 10.0. The molecule has 1 aromatic rings. The lowest BCUT2D eigenvalue weighted by Crippen LogP contribution is -3.29. The maximum Gasteiger partial charge on any atom is 0.413 e. The number of ether oxygens (including phenoxy) is 1. The van der Waals surface area contributed by atoms with Gasteiger partial charge in [-0.25, -0.2) is 4.79 Å². The minimum atomic E-state index is -0.689. The van der Waals surface area contributed by atoms with Crippen molar-refractivity contribution < 1.29 is 24.1 Å². The van der Waals surface area contributed by atoms with Crippen LogP contribution in [0.5, 0.6) is 0 Å². The normalized spacial score (nSPS) is 21.6. The van der Waals surface area contributed by atoms with Crippen molar-refractivity contribution in [2.75, 3.05) is 33.3 Å². The summed E-state index contributed by atoms with van der Waals surface area (Å²) in [7, 11) is 1.26. The van der Waals surface area contributed by atoms with Gasteiger partial charge in [0.05, 0.1) is 7.11 Å². The average Bonchev–Trinajstić information content (AvgIpc) is 2.62. The van der Waals surface area contributed by atoms with Gasteiger partial charge in [-0.2, -0.15) is 0 Å². The lowest BCUT2D eigenvalue weighted by Gasteiger charge is -2.32. The quantitative estimate of drug-likeness (QED) is 0.663. The molecule has 3 N–H and O–H groups in total. The van der Waals surface area contributed by atoms with Crippen LogP contribution < -0.4 is 15.1 Å². The van der Waals surface area contributed by atoms with Gasteiger partial charge in [0.15, 0.2) is 6.04 Å². The summed E-state index contributed by atoms with van der Waals surface area (Å²) in [6.45, 7) is 11.2. The van der Waals surface area contributed by atoms with Crippen LogP contribution in [0.1, 0.15) is 37.8 Å². The van der Waals surface area contributed by atoms with Gasteiger partial charge in [-0.1, -0.05) is 38.1 Å². The molecule has 138 valence electrons. The Bertz CT molecular complexity index is 578. The molecule has 1 fully saturated rings. The van der Waals surface area contributed by atoms with E-state index in [1.165, 1.54) is 23.1 Å². The Hall–Kier alpha value is -1.92. The van der Waals surface area contributed by atoms with Gasteiger partial charge < -0.3 is 14.5 Å². The number of rotatable bonds is 5. The first-order valence-corrected chi connectivity index (χ1v) is 9.06. The van der Waals surface area contributed by atoms with Crippen LogP contribution in [0.3, 0.4) is 0 Å². The van der Waals surface area contributed by atoms with Gasteiger partial charge in [-0.3, -0.25) is 10.1 Å². The smallest absolute Gasteiger partial charge is 0.413 e. The third kappa shape index (κ3) is 5.54. The van der Waals surface area contributed by atoms with E-state index in [0.29, 0.717) is 5.92 Å². The van der Waals surface area contributed by atoms with Gasteiger partial charge in [0.1, 0.15) is 32.7 Å². The van der Waals surface area contributed by atoms with Gasteiger partial charge in [0.2, 0.25) is 0 Å². The van der Waals surface area contributed by atoms with Gasteiger partial charge in [0, 0.05) is 5.56 Å². The fraction of sp³-hybridized carbons (Fsp3) is 0.579. The zero-order chi connectivity index (χ0) is 18.4. The molecule has 0 saturated carbocycles. The van der Waals surface area contributed by atoms with Crippen molar-refractivity contribution in [1.82, 2.24) is 5.32 Å². The fourth-order valence-corrected chi connectivity index (χ4v) is 3.29. The van der Waals surface area contributed by atoms with Crippen LogP contribution in [-0.4, -0.2) is 51.3 Å². The minimum absolute atomic E-state index is 0.244. The number of alkyl carbamates (subject to hydrolysis) is 1. The lowest BCUT2D eigenvalue weighted by molar-refractivity contribution is -1.02. The molecule has 1 heterocycles. The molecule has 0 aliphatic carbocycles. The number of carbonyl (C=O) groups is 2. The molecule has 1 saturated heterocycles. The molecule has 2 amide bonds. The molecule has 1 aliphatic rings. The molecule has 0 aromatic heterocycles. The third-order valence-electron chi connectivity index (χ3n) is 5.12. The number of piperazine rings is 1. The van der Waals surface area contributed by atoms with Crippen LogP contribution in [0.2, 0.25) is 0 Å². The summed E-state index contributed by atoms with van der Waals surface area (Å²) >= 11 is 0. The second-order valence-electron chi connectivity index (χ2n) is 7.18. The van der Waals surface area contributed by atoms with E-state index in [9.17, 15) is 9.59 Å². The minimum Gasteiger partial charge on any atom is -0.453 e. The maximum absolute atomic E-state index is 12.0. The molecule has 0 unspecified atom stereocenters. The number of carbonyl (C=O) groups excluding carboxylic acids is 2. The van der Waals surface area contributed by atoms with E-state index in [-0.39, 0.29) is 11.9 Å². The van der Waals surface area contributed by atoms with Crippen LogP contribution in [-0.2, 0) is 16.1 Å². The van der Waals surface area contributed by atoms with Crippen LogP contribution in [0, 0.1) is 0 Å². The molecule has 1 aromatic carbocycles. The van der Waals surface area contributed by atoms with Gasteiger partial charge in [-0.05, 0) is 18.4 Å². The molecular weight excluding hydrogens is 318 g/mol. The van der Waals surface area contributed by atoms with E-state index < -0.39 is 6.09 Å². The van der Waals surface area contributed by atoms with E-state index in [0.717, 1.165) is 32.7 Å². The van der Waals surface area contributed by atoms with Gasteiger partial charge in [0.25, 0.3) is 5.91 Å². The number of amides is 2. The molecule has 6 nitrogen and oxygen atoms in total. The van der Waals surface area contributed by atoms with Crippen LogP contribution in [0.15, 0.2) is 24.3 Å². The molecule has 0 bridgehead atoms. The number of imide groups is 1. The molecular formula is C19H31N3O3+2. The van der Waals surface area contributed by atoms with E-state index in [1.807, 2.05) is 6.92 Å². The highest BCUT2D eigenvalue weighted by Gasteiger charge is 2.31. The number of quaternary nitrogens is 2. The van der Waals surface area contributed by atoms with Crippen LogP contribution in [0.25, 0.3) is 0 Å². The van der Waals surface area contributed by atoms with Crippen molar-refractivity contribution >= 4 is 12.0 Å². The summed E-state index contributed by atoms with van der Waals surface area (Å²) in [6, 6.07) is 8.66. The van der Waals surface area contributed by atoms with Crippen molar-refractivity contribution in [3.05, 3.63) is 35.4 Å². The Kier molecular flexibility index (Phi) is 6.96. The average molecular weight is 349 g/mol. The Morgan fingerprint density at radius 1 is 1.08 bits per heavy atom. The first-order valence-electron chi connectivity index (χ1n) is 9.06. The van der Waals surface area contributed by atoms with Gasteiger partial charge >= 0.3 is 6.09 Å². The molecule has 0 spiro atoms. The predicted octanol–water partition coefficient (Wildman–Crippen LogP) is -0.635. The summed E-state index contributed by atoms with van der Waals surface area (Å²) in [5, 5.41) is 2.26. The maximum atomic E-state index is 12.0. The summed E-state index contributed by atoms with van der Waals surface area (Å²) in [6.07, 6.45) is -0.689. The molecule has 0 radical (unpaired) electrons. The largest absolute Gasteiger partial charge is 0.453 e. The van der Waals surface area contributed by atoms with E-state index in [4.69, 9.17) is 0 Å². The molecule has 6 heteroatoms. The highest BCUT2D eigenvalue weighted by Crippen LogP contribution is 2.14. The SMILES string of the molecule is COC(=O)NC(=O)[C@@H](C)[NH+]1CC[NH+](Cc2ccc(C(C)C)cc2)CC1. The molecule has 1 aliphatic heterocycles. The standard InChI is InChI=1S/C19H29N3O3/c1-14(2)17-7-5-16(6-8-17)13-21-9-11-22(12-10-21)15(3)18(23)20-19(24)25-4/h5-8,14-15H,9-13H2,1-4H3,(H,20,23,24)/p+2/t15-/m1/s1. The van der Waals surface area contributed by atoms with Crippen LogP contribution in [0.4, 0.5) is 4.79 Å². The van der Waals surface area contributed by atoms with Crippen molar-refractivity contribution in [2.45, 2.75) is 39.3 Å². The highest BCUT2D eigenvalue weighted by atomic mass is 16.5. The molecule has 2 rings (SSSR count). The van der Waals surface area contributed by atoms with E-state index in [1.54, 1.807) is 4.90 Å². The highest BCUT2D eigenvalue weighted by molar-refractivity contribution is 5.93. The Labute approximate surface area is 150 Å². The number of nitrogens with one attached hydrogen (secondary N) is 3. The Morgan fingerprint density at radius 3 is 2.20 bits per heavy atom. The third-order valence-corrected chi connectivity index (χ3v) is 5.12. The number of hydrogen-bond acceptors (Lipinski definition) is 3. The summed E-state index contributed by atoms with van der Waals surface area (Å²) in [4.78, 5) is 26.0. The van der Waals surface area contributed by atoms with Crippen molar-refractivity contribution in [2.24, 2.45) is 0 Å². The topological polar surface area (TPSA) is 64.3 Å². The Balaban J connectivity index is 1.80. The van der Waals surface area contributed by atoms with Gasteiger partial charge in [-0.15, -0.1) is 0 Å². The molecule has 1 atom stereocenters. The zero-order valence-electron chi connectivity index (χ0n) is 15.7. The zero-order valence-corrected chi connectivity index (χ0v) is 15.7. The van der Waals surface area contributed by atoms with E-state index in [2.05, 4.69) is 48.2 Å². The van der Waals surface area contributed by atoms with Crippen LogP contribution >= 0.6 is 0 Å². The summed E-state index contributed by atoms with van der Waals surface area (Å²) in [5.74, 6) is 0.292. The number of methoxy groups -OCH3 is 1. The predicted molar refractivity (Wildman–Crippen MR) is 95.6 cm³/mol. The number of hydrogen-bond donors (Lipinski definition) is 3. The second-order valence-corrected chi connectivity index (χ2v) is 7.18. The number of benzene rings is 1. The van der Waals surface area contributed by atoms with Crippen molar-refractivity contribution in [1.29, 1.82) is 0 Å². The fourth-order valence-electron chi connectivity index (χ4n) is 3.29. The summed E-state index contributed by atoms with van der Waals surface area (Å²) < 4.78 is 4.48. The molecule has 25 heavy (non-hydrogen) atoms. The van der Waals surface area contributed by atoms with Crippen molar-refractivity contribution in [3.63, 3.8) is 0 Å². The first kappa shape index (κ1) is 19.4. The summed E-state index contributed by atoms with van der Waals surface area (Å²) in [5.41, 5.74) is 2.73. The van der Waals surface area contributed by atoms with E-state index >= 15 is 0 Å². The first-order chi connectivity index (χ1) is 11.9. The second kappa shape index (κ2) is 8.97.